The molecule has 9 heteroatoms. The summed E-state index contributed by atoms with van der Waals surface area (Å²) in [7, 11) is -3.70. The Labute approximate surface area is 118 Å². The summed E-state index contributed by atoms with van der Waals surface area (Å²) < 4.78 is 42.1. The topological polar surface area (TPSA) is 99.8 Å². The second-order valence-corrected chi connectivity index (χ2v) is 6.12. The molecule has 0 fully saturated rings. The Kier molecular flexibility index (Phi) is 3.53. The quantitative estimate of drug-likeness (QED) is 0.806. The SMILES string of the molecule is CS(=O)(=O)Nc1oc(-c2ccc(F)c(Cl)c2)c(O)c1O. The molecular formula is C11H9ClFNO5S. The average Bonchev–Trinajstić information content (AvgIpc) is 2.59. The van der Waals surface area contributed by atoms with Crippen molar-refractivity contribution in [3.8, 4) is 22.8 Å². The van der Waals surface area contributed by atoms with Gasteiger partial charge in [0.25, 0.3) is 5.88 Å². The Balaban J connectivity index is 2.53. The van der Waals surface area contributed by atoms with E-state index in [4.69, 9.17) is 16.0 Å². The summed E-state index contributed by atoms with van der Waals surface area (Å²) in [6.45, 7) is 0. The minimum atomic E-state index is -3.70. The normalized spacial score (nSPS) is 11.6. The first-order valence-corrected chi connectivity index (χ1v) is 7.44. The Morgan fingerprint density at radius 1 is 1.30 bits per heavy atom. The highest BCUT2D eigenvalue weighted by molar-refractivity contribution is 7.92. The van der Waals surface area contributed by atoms with Crippen molar-refractivity contribution in [3.05, 3.63) is 29.0 Å². The van der Waals surface area contributed by atoms with Crippen molar-refractivity contribution in [3.63, 3.8) is 0 Å². The molecule has 1 aromatic carbocycles. The number of aromatic hydroxyl groups is 2. The summed E-state index contributed by atoms with van der Waals surface area (Å²) in [6, 6.07) is 3.46. The van der Waals surface area contributed by atoms with Crippen molar-refractivity contribution in [1.29, 1.82) is 0 Å². The maximum atomic E-state index is 13.1. The summed E-state index contributed by atoms with van der Waals surface area (Å²) in [4.78, 5) is 0. The van der Waals surface area contributed by atoms with Crippen LogP contribution in [-0.4, -0.2) is 24.9 Å². The van der Waals surface area contributed by atoms with Gasteiger partial charge in [0.2, 0.25) is 21.5 Å². The Morgan fingerprint density at radius 3 is 2.50 bits per heavy atom. The van der Waals surface area contributed by atoms with E-state index >= 15 is 0 Å². The van der Waals surface area contributed by atoms with Crippen LogP contribution in [0.3, 0.4) is 0 Å². The van der Waals surface area contributed by atoms with E-state index in [1.165, 1.54) is 12.1 Å². The van der Waals surface area contributed by atoms with Crippen molar-refractivity contribution in [2.45, 2.75) is 0 Å². The third-order valence-electron chi connectivity index (χ3n) is 2.32. The molecule has 0 bridgehead atoms. The summed E-state index contributed by atoms with van der Waals surface area (Å²) in [6.07, 6.45) is 0.848. The predicted molar refractivity (Wildman–Crippen MR) is 70.9 cm³/mol. The molecule has 0 spiro atoms. The third kappa shape index (κ3) is 2.81. The fourth-order valence-electron chi connectivity index (χ4n) is 1.48. The highest BCUT2D eigenvalue weighted by Crippen LogP contribution is 2.45. The smallest absolute Gasteiger partial charge is 0.253 e. The molecule has 0 aliphatic carbocycles. The summed E-state index contributed by atoms with van der Waals surface area (Å²) in [5.41, 5.74) is 0.172. The Hall–Kier alpha value is -1.93. The zero-order valence-electron chi connectivity index (χ0n) is 10.0. The van der Waals surface area contributed by atoms with Crippen LogP contribution in [0.5, 0.6) is 11.5 Å². The standard InChI is InChI=1S/C11H9ClFNO5S/c1-20(17,18)14-11-9(16)8(15)10(19-11)5-2-3-7(13)6(12)4-5/h2-4,14-16H,1H3. The molecule has 0 amide bonds. The molecule has 6 nitrogen and oxygen atoms in total. The lowest BCUT2D eigenvalue weighted by molar-refractivity contribution is 0.410. The van der Waals surface area contributed by atoms with E-state index in [2.05, 4.69) is 0 Å². The average molecular weight is 322 g/mol. The van der Waals surface area contributed by atoms with E-state index in [-0.39, 0.29) is 16.3 Å². The van der Waals surface area contributed by atoms with Gasteiger partial charge in [0, 0.05) is 5.56 Å². The van der Waals surface area contributed by atoms with Crippen molar-refractivity contribution in [2.24, 2.45) is 0 Å². The van der Waals surface area contributed by atoms with Crippen molar-refractivity contribution >= 4 is 27.5 Å². The lowest BCUT2D eigenvalue weighted by Crippen LogP contribution is -2.08. The lowest BCUT2D eigenvalue weighted by Gasteiger charge is -2.00. The largest absolute Gasteiger partial charge is 0.502 e. The molecular weight excluding hydrogens is 313 g/mol. The number of nitrogens with one attached hydrogen (secondary N) is 1. The van der Waals surface area contributed by atoms with Gasteiger partial charge in [-0.05, 0) is 18.2 Å². The number of hydrogen-bond donors (Lipinski definition) is 3. The zero-order valence-corrected chi connectivity index (χ0v) is 11.6. The predicted octanol–water partition coefficient (Wildman–Crippen LogP) is 2.52. The number of furan rings is 1. The molecule has 0 atom stereocenters. The van der Waals surface area contributed by atoms with Crippen LogP contribution in [0.4, 0.5) is 10.3 Å². The van der Waals surface area contributed by atoms with Crippen LogP contribution >= 0.6 is 11.6 Å². The maximum Gasteiger partial charge on any atom is 0.253 e. The first kappa shape index (κ1) is 14.5. The lowest BCUT2D eigenvalue weighted by atomic mass is 10.1. The number of rotatable bonds is 3. The summed E-state index contributed by atoms with van der Waals surface area (Å²) in [5.74, 6) is -2.90. The Bertz CT molecular complexity index is 771. The molecule has 0 aliphatic rings. The van der Waals surface area contributed by atoms with E-state index < -0.39 is 33.2 Å². The van der Waals surface area contributed by atoms with Crippen LogP contribution in [0.2, 0.25) is 5.02 Å². The zero-order chi connectivity index (χ0) is 15.1. The fourth-order valence-corrected chi connectivity index (χ4v) is 2.14. The second-order valence-electron chi connectivity index (χ2n) is 3.96. The summed E-state index contributed by atoms with van der Waals surface area (Å²) >= 11 is 5.60. The fraction of sp³-hybridized carbons (Fsp3) is 0.0909. The van der Waals surface area contributed by atoms with Crippen LogP contribution in [0, 0.1) is 5.82 Å². The number of sulfonamides is 1. The molecule has 1 aromatic heterocycles. The maximum absolute atomic E-state index is 13.1. The minimum Gasteiger partial charge on any atom is -0.502 e. The van der Waals surface area contributed by atoms with Gasteiger partial charge >= 0.3 is 0 Å². The molecule has 1 heterocycles. The van der Waals surface area contributed by atoms with Gasteiger partial charge in [-0.25, -0.2) is 12.8 Å². The molecule has 20 heavy (non-hydrogen) atoms. The van der Waals surface area contributed by atoms with Gasteiger partial charge in [-0.3, -0.25) is 4.72 Å². The van der Waals surface area contributed by atoms with Crippen LogP contribution < -0.4 is 4.72 Å². The van der Waals surface area contributed by atoms with E-state index in [0.29, 0.717) is 0 Å². The van der Waals surface area contributed by atoms with Crippen molar-refractivity contribution < 1.29 is 27.4 Å². The van der Waals surface area contributed by atoms with Crippen molar-refractivity contribution in [2.75, 3.05) is 11.0 Å². The highest BCUT2D eigenvalue weighted by atomic mass is 35.5. The van der Waals surface area contributed by atoms with Gasteiger partial charge < -0.3 is 14.6 Å². The van der Waals surface area contributed by atoms with Gasteiger partial charge in [0.1, 0.15) is 5.82 Å². The second kappa shape index (κ2) is 4.88. The minimum absolute atomic E-state index is 0.172. The molecule has 0 aliphatic heterocycles. The molecule has 2 rings (SSSR count). The van der Waals surface area contributed by atoms with Crippen LogP contribution in [0.25, 0.3) is 11.3 Å². The number of hydrogen-bond acceptors (Lipinski definition) is 5. The van der Waals surface area contributed by atoms with Crippen LogP contribution in [-0.2, 0) is 10.0 Å². The molecule has 0 saturated heterocycles. The van der Waals surface area contributed by atoms with Gasteiger partial charge in [0.15, 0.2) is 5.76 Å². The molecule has 0 unspecified atom stereocenters. The molecule has 3 N–H and O–H groups in total. The van der Waals surface area contributed by atoms with Crippen LogP contribution in [0.15, 0.2) is 22.6 Å². The molecule has 0 radical (unpaired) electrons. The number of anilines is 1. The van der Waals surface area contributed by atoms with Gasteiger partial charge in [0.05, 0.1) is 11.3 Å². The number of benzene rings is 1. The van der Waals surface area contributed by atoms with E-state index in [1.54, 1.807) is 0 Å². The first-order valence-electron chi connectivity index (χ1n) is 5.17. The molecule has 0 saturated carbocycles. The first-order chi connectivity index (χ1) is 9.19. The van der Waals surface area contributed by atoms with Gasteiger partial charge in [-0.2, -0.15) is 0 Å². The monoisotopic (exact) mass is 321 g/mol. The van der Waals surface area contributed by atoms with Gasteiger partial charge in [-0.15, -0.1) is 0 Å². The summed E-state index contributed by atoms with van der Waals surface area (Å²) in [5, 5.41) is 19.1. The van der Waals surface area contributed by atoms with Crippen molar-refractivity contribution in [1.82, 2.24) is 0 Å². The third-order valence-corrected chi connectivity index (χ3v) is 3.16. The molecule has 108 valence electrons. The number of halogens is 2. The van der Waals surface area contributed by atoms with Crippen LogP contribution in [0.1, 0.15) is 0 Å². The molecule has 2 aromatic rings. The van der Waals surface area contributed by atoms with E-state index in [0.717, 1.165) is 12.3 Å². The Morgan fingerprint density at radius 2 is 1.95 bits per heavy atom. The van der Waals surface area contributed by atoms with E-state index in [1.807, 2.05) is 4.72 Å². The van der Waals surface area contributed by atoms with Gasteiger partial charge in [-0.1, -0.05) is 11.6 Å². The van der Waals surface area contributed by atoms with E-state index in [9.17, 15) is 23.0 Å². The highest BCUT2D eigenvalue weighted by Gasteiger charge is 2.23.